The molecule has 0 saturated carbocycles. The van der Waals surface area contributed by atoms with Gasteiger partial charge in [0.2, 0.25) is 10.0 Å². The van der Waals surface area contributed by atoms with Crippen molar-refractivity contribution >= 4 is 43.1 Å². The van der Waals surface area contributed by atoms with Gasteiger partial charge in [0.05, 0.1) is 16.7 Å². The van der Waals surface area contributed by atoms with E-state index in [1.165, 1.54) is 39.5 Å². The molecule has 0 radical (unpaired) electrons. The molecule has 0 fully saturated rings. The van der Waals surface area contributed by atoms with Crippen molar-refractivity contribution in [2.75, 3.05) is 23.7 Å². The lowest BCUT2D eigenvalue weighted by Gasteiger charge is -2.28. The summed E-state index contributed by atoms with van der Waals surface area (Å²) in [5, 5.41) is 1.59. The van der Waals surface area contributed by atoms with Gasteiger partial charge in [0.25, 0.3) is 5.91 Å². The lowest BCUT2D eigenvalue weighted by molar-refractivity contribution is 0.0983. The van der Waals surface area contributed by atoms with Gasteiger partial charge < -0.3 is 4.90 Å². The van der Waals surface area contributed by atoms with Gasteiger partial charge in [0.1, 0.15) is 0 Å². The first-order valence-electron chi connectivity index (χ1n) is 9.69. The van der Waals surface area contributed by atoms with Crippen molar-refractivity contribution in [2.45, 2.75) is 24.8 Å². The fourth-order valence-corrected chi connectivity index (χ4v) is 6.25. The topological polar surface area (TPSA) is 91.8 Å². The van der Waals surface area contributed by atoms with Crippen LogP contribution in [0.15, 0.2) is 64.9 Å². The number of sulfonamides is 1. The number of anilines is 1. The van der Waals surface area contributed by atoms with Crippen molar-refractivity contribution in [3.8, 4) is 0 Å². The molecule has 2 aromatic rings. The van der Waals surface area contributed by atoms with Gasteiger partial charge in [-0.3, -0.25) is 4.79 Å². The average molecular weight is 483 g/mol. The minimum atomic E-state index is -3.65. The largest absolute Gasteiger partial charge is 0.300 e. The highest BCUT2D eigenvalue weighted by atomic mass is 35.5. The monoisotopic (exact) mass is 482 g/mol. The molecule has 31 heavy (non-hydrogen) atoms. The van der Waals surface area contributed by atoms with Crippen LogP contribution in [0.2, 0.25) is 5.02 Å². The SMILES string of the molecule is CCN(CC)S(=O)(=O)c1ccc(C(=O)N(c2ccc(Cl)cc2)[C@@H]2C=CS(=O)(=O)C2)cc1. The molecule has 7 nitrogen and oxygen atoms in total. The summed E-state index contributed by atoms with van der Waals surface area (Å²) in [4.78, 5) is 14.8. The molecule has 166 valence electrons. The highest BCUT2D eigenvalue weighted by molar-refractivity contribution is 7.94. The fraction of sp³-hybridized carbons (Fsp3) is 0.286. The van der Waals surface area contributed by atoms with Gasteiger partial charge >= 0.3 is 0 Å². The molecule has 0 unspecified atom stereocenters. The summed E-state index contributed by atoms with van der Waals surface area (Å²) < 4.78 is 50.6. The van der Waals surface area contributed by atoms with Gasteiger partial charge in [-0.15, -0.1) is 0 Å². The molecule has 0 bridgehead atoms. The van der Waals surface area contributed by atoms with Gasteiger partial charge in [-0.2, -0.15) is 4.31 Å². The molecule has 0 N–H and O–H groups in total. The van der Waals surface area contributed by atoms with Crippen LogP contribution in [0.25, 0.3) is 0 Å². The number of halogens is 1. The first kappa shape index (κ1) is 23.5. The van der Waals surface area contributed by atoms with Crippen LogP contribution in [0.4, 0.5) is 5.69 Å². The third-order valence-corrected chi connectivity index (χ3v) is 8.70. The third-order valence-electron chi connectivity index (χ3n) is 5.01. The number of sulfone groups is 1. The van der Waals surface area contributed by atoms with E-state index < -0.39 is 31.8 Å². The number of hydrogen-bond acceptors (Lipinski definition) is 5. The predicted molar refractivity (Wildman–Crippen MR) is 122 cm³/mol. The van der Waals surface area contributed by atoms with E-state index >= 15 is 0 Å². The van der Waals surface area contributed by atoms with Crippen LogP contribution in [0.3, 0.4) is 0 Å². The second kappa shape index (κ2) is 9.12. The zero-order valence-electron chi connectivity index (χ0n) is 17.1. The van der Waals surface area contributed by atoms with Gasteiger partial charge in [-0.25, -0.2) is 16.8 Å². The minimum Gasteiger partial charge on any atom is -0.300 e. The van der Waals surface area contributed by atoms with E-state index in [1.54, 1.807) is 38.1 Å². The van der Waals surface area contributed by atoms with Crippen molar-refractivity contribution in [2.24, 2.45) is 0 Å². The molecule has 0 aliphatic carbocycles. The summed E-state index contributed by atoms with van der Waals surface area (Å²) >= 11 is 5.95. The Morgan fingerprint density at radius 1 is 1.03 bits per heavy atom. The molecule has 1 aliphatic heterocycles. The number of benzene rings is 2. The van der Waals surface area contributed by atoms with E-state index in [2.05, 4.69) is 0 Å². The minimum absolute atomic E-state index is 0.0918. The maximum Gasteiger partial charge on any atom is 0.258 e. The quantitative estimate of drug-likeness (QED) is 0.603. The number of carbonyl (C=O) groups excluding carboxylic acids is 1. The standard InChI is InChI=1S/C21H23ClN2O5S2/c1-3-23(4-2)31(28,29)20-11-5-16(6-12-20)21(25)24(18-9-7-17(22)8-10-18)19-13-14-30(26,27)15-19/h5-14,19H,3-4,15H2,1-2H3/t19-/m1/s1. The number of amides is 1. The van der Waals surface area contributed by atoms with Crippen LogP contribution in [0.5, 0.6) is 0 Å². The third kappa shape index (κ3) is 5.01. The van der Waals surface area contributed by atoms with Crippen LogP contribution < -0.4 is 4.90 Å². The van der Waals surface area contributed by atoms with Crippen molar-refractivity contribution in [3.05, 3.63) is 70.6 Å². The normalized spacial score (nSPS) is 17.7. The molecule has 0 aromatic heterocycles. The molecule has 0 saturated heterocycles. The zero-order valence-corrected chi connectivity index (χ0v) is 19.5. The number of rotatable bonds is 7. The van der Waals surface area contributed by atoms with E-state index in [9.17, 15) is 21.6 Å². The Kier molecular flexibility index (Phi) is 6.90. The van der Waals surface area contributed by atoms with Gasteiger partial charge in [0, 0.05) is 34.8 Å². The first-order valence-corrected chi connectivity index (χ1v) is 13.2. The maximum atomic E-state index is 13.3. The molecule has 2 aromatic carbocycles. The molecular weight excluding hydrogens is 460 g/mol. The molecular formula is C21H23ClN2O5S2. The van der Waals surface area contributed by atoms with E-state index in [4.69, 9.17) is 11.6 Å². The summed E-state index contributed by atoms with van der Waals surface area (Å²) in [6, 6.07) is 11.5. The first-order chi connectivity index (χ1) is 14.6. The van der Waals surface area contributed by atoms with E-state index in [0.717, 1.165) is 5.41 Å². The Morgan fingerprint density at radius 2 is 1.61 bits per heavy atom. The van der Waals surface area contributed by atoms with Crippen molar-refractivity contribution in [1.82, 2.24) is 4.31 Å². The molecule has 10 heteroatoms. The Hall–Kier alpha value is -2.20. The van der Waals surface area contributed by atoms with Crippen LogP contribution in [0.1, 0.15) is 24.2 Å². The van der Waals surface area contributed by atoms with Gasteiger partial charge in [-0.1, -0.05) is 25.4 Å². The van der Waals surface area contributed by atoms with Crippen LogP contribution >= 0.6 is 11.6 Å². The lowest BCUT2D eigenvalue weighted by Crippen LogP contribution is -2.41. The smallest absolute Gasteiger partial charge is 0.258 e. The van der Waals surface area contributed by atoms with Crippen LogP contribution in [0, 0.1) is 0 Å². The molecule has 1 aliphatic rings. The van der Waals surface area contributed by atoms with Crippen LogP contribution in [-0.4, -0.2) is 51.9 Å². The molecule has 1 atom stereocenters. The molecule has 0 spiro atoms. The highest BCUT2D eigenvalue weighted by Gasteiger charge is 2.32. The van der Waals surface area contributed by atoms with E-state index in [1.807, 2.05) is 0 Å². The Labute approximate surface area is 187 Å². The van der Waals surface area contributed by atoms with Gasteiger partial charge in [-0.05, 0) is 54.6 Å². The summed E-state index contributed by atoms with van der Waals surface area (Å²) in [5.74, 6) is -0.670. The Morgan fingerprint density at radius 3 is 2.10 bits per heavy atom. The van der Waals surface area contributed by atoms with E-state index in [0.29, 0.717) is 23.8 Å². The van der Waals surface area contributed by atoms with Crippen molar-refractivity contribution < 1.29 is 21.6 Å². The molecule has 1 heterocycles. The van der Waals surface area contributed by atoms with Crippen molar-refractivity contribution in [3.63, 3.8) is 0 Å². The average Bonchev–Trinajstić information content (AvgIpc) is 3.09. The molecule has 1 amide bonds. The van der Waals surface area contributed by atoms with Crippen molar-refractivity contribution in [1.29, 1.82) is 0 Å². The highest BCUT2D eigenvalue weighted by Crippen LogP contribution is 2.27. The summed E-state index contributed by atoms with van der Waals surface area (Å²) in [6.45, 7) is 4.19. The Balaban J connectivity index is 1.97. The summed E-state index contributed by atoms with van der Waals surface area (Å²) in [6.07, 6.45) is 1.47. The second-order valence-corrected chi connectivity index (χ2v) is 11.3. The van der Waals surface area contributed by atoms with E-state index in [-0.39, 0.29) is 16.2 Å². The lowest BCUT2D eigenvalue weighted by atomic mass is 10.1. The maximum absolute atomic E-state index is 13.3. The summed E-state index contributed by atoms with van der Waals surface area (Å²) in [7, 11) is -7.05. The van der Waals surface area contributed by atoms with Gasteiger partial charge in [0.15, 0.2) is 9.84 Å². The number of hydrogen-bond donors (Lipinski definition) is 0. The Bertz CT molecular complexity index is 1190. The zero-order chi connectivity index (χ0) is 22.8. The fourth-order valence-electron chi connectivity index (χ4n) is 3.40. The summed E-state index contributed by atoms with van der Waals surface area (Å²) in [5.41, 5.74) is 0.729. The number of nitrogens with zero attached hydrogens (tertiary/aromatic N) is 2. The molecule has 3 rings (SSSR count). The predicted octanol–water partition coefficient (Wildman–Crippen LogP) is 3.33. The second-order valence-electron chi connectivity index (χ2n) is 6.99. The number of carbonyl (C=O) groups is 1. The van der Waals surface area contributed by atoms with Crippen LogP contribution in [-0.2, 0) is 19.9 Å².